The number of carboxylic acid groups (broad SMARTS) is 1. The van der Waals surface area contributed by atoms with E-state index in [1.807, 2.05) is 25.1 Å². The number of hydrogen-bond acceptors (Lipinski definition) is 6. The van der Waals surface area contributed by atoms with Crippen LogP contribution in [0, 0.1) is 17.1 Å². The maximum atomic E-state index is 15.7. The lowest BCUT2D eigenvalue weighted by atomic mass is 9.73. The number of likely N-dealkylation sites (N-methyl/N-ethyl adjacent to an activating group) is 1. The summed E-state index contributed by atoms with van der Waals surface area (Å²) < 4.78 is 15.9. The SMILES string of the molecule is CN(C)C1CN(c2nc3c(F)c(Br)c(/C=C/C#N)cc3c3c2NC(=O)C32CCCN(C(=O)O)C2)C1. The predicted molar refractivity (Wildman–Crippen MR) is 133 cm³/mol. The lowest BCUT2D eigenvalue weighted by Crippen LogP contribution is -2.57. The van der Waals surface area contributed by atoms with Gasteiger partial charge in [0.2, 0.25) is 5.91 Å². The maximum absolute atomic E-state index is 15.7. The Morgan fingerprint density at radius 2 is 2.20 bits per heavy atom. The molecule has 3 aliphatic rings. The Bertz CT molecular complexity index is 1330. The van der Waals surface area contributed by atoms with Gasteiger partial charge in [0.1, 0.15) is 5.52 Å². The number of nitrogens with zero attached hydrogens (tertiary/aromatic N) is 5. The van der Waals surface area contributed by atoms with Gasteiger partial charge in [-0.2, -0.15) is 5.26 Å². The smallest absolute Gasteiger partial charge is 0.407 e. The van der Waals surface area contributed by atoms with E-state index in [9.17, 15) is 14.7 Å². The summed E-state index contributed by atoms with van der Waals surface area (Å²) in [6.07, 6.45) is 2.60. The first kappa shape index (κ1) is 23.5. The fourth-order valence-electron chi connectivity index (χ4n) is 5.35. The lowest BCUT2D eigenvalue weighted by Gasteiger charge is -2.44. The molecule has 1 aromatic heterocycles. The molecule has 1 aromatic carbocycles. The topological polar surface area (TPSA) is 113 Å². The molecule has 2 amide bonds. The number of anilines is 2. The number of carbonyl (C=O) groups is 2. The quantitative estimate of drug-likeness (QED) is 0.571. The number of nitriles is 1. The Kier molecular flexibility index (Phi) is 5.68. The number of halogens is 2. The van der Waals surface area contributed by atoms with E-state index >= 15 is 4.39 Å². The van der Waals surface area contributed by atoms with E-state index in [-0.39, 0.29) is 22.4 Å². The summed E-state index contributed by atoms with van der Waals surface area (Å²) in [6, 6.07) is 3.93. The summed E-state index contributed by atoms with van der Waals surface area (Å²) in [5.74, 6) is -0.389. The van der Waals surface area contributed by atoms with Crippen LogP contribution in [0.1, 0.15) is 24.0 Å². The van der Waals surface area contributed by atoms with Crippen molar-refractivity contribution >= 4 is 56.4 Å². The summed E-state index contributed by atoms with van der Waals surface area (Å²) >= 11 is 3.30. The normalized spacial score (nSPS) is 22.1. The molecule has 1 atom stereocenters. The summed E-state index contributed by atoms with van der Waals surface area (Å²) in [5, 5.41) is 22.1. The van der Waals surface area contributed by atoms with Gasteiger partial charge >= 0.3 is 6.09 Å². The van der Waals surface area contributed by atoms with Gasteiger partial charge in [-0.25, -0.2) is 14.2 Å². The van der Waals surface area contributed by atoms with Crippen LogP contribution in [-0.4, -0.2) is 78.2 Å². The summed E-state index contributed by atoms with van der Waals surface area (Å²) in [4.78, 5) is 35.4. The summed E-state index contributed by atoms with van der Waals surface area (Å²) in [6.45, 7) is 1.67. The molecule has 3 aliphatic heterocycles. The molecule has 35 heavy (non-hydrogen) atoms. The van der Waals surface area contributed by atoms with E-state index < -0.39 is 17.3 Å². The highest BCUT2D eigenvalue weighted by atomic mass is 79.9. The Morgan fingerprint density at radius 1 is 1.46 bits per heavy atom. The lowest BCUT2D eigenvalue weighted by molar-refractivity contribution is -0.122. The van der Waals surface area contributed by atoms with Gasteiger partial charge < -0.3 is 25.1 Å². The molecule has 2 aromatic rings. The number of rotatable bonds is 3. The summed E-state index contributed by atoms with van der Waals surface area (Å²) in [5.41, 5.74) is 0.495. The molecule has 1 spiro atoms. The number of benzene rings is 1. The Hall–Kier alpha value is -3.23. The standard InChI is InChI=1S/C24H24BrFN6O3/c1-30(2)14-10-32(11-14)21-20-16(24(22(33)29-20)6-4-8-31(12-24)23(34)35)15-9-13(5-3-7-27)17(25)18(26)19(15)28-21/h3,5,9,14H,4,6,8,10-12H2,1-2H3,(H,29,33)(H,34,35)/b5-3+. The first-order valence-electron chi connectivity index (χ1n) is 11.3. The average molecular weight is 543 g/mol. The number of piperidine rings is 1. The second kappa shape index (κ2) is 8.46. The molecule has 2 saturated heterocycles. The van der Waals surface area contributed by atoms with E-state index in [1.54, 1.807) is 6.07 Å². The number of carbonyl (C=O) groups excluding carboxylic acids is 1. The molecule has 0 aliphatic carbocycles. The van der Waals surface area contributed by atoms with Gasteiger partial charge in [0.15, 0.2) is 11.6 Å². The van der Waals surface area contributed by atoms with Crippen LogP contribution >= 0.6 is 15.9 Å². The molecular formula is C24H24BrFN6O3. The fourth-order valence-corrected chi connectivity index (χ4v) is 5.78. The van der Waals surface area contributed by atoms with Crippen molar-refractivity contribution in [2.45, 2.75) is 24.3 Å². The van der Waals surface area contributed by atoms with Gasteiger partial charge in [-0.3, -0.25) is 4.79 Å². The number of amides is 2. The first-order chi connectivity index (χ1) is 16.7. The van der Waals surface area contributed by atoms with Crippen LogP contribution in [-0.2, 0) is 10.2 Å². The fraction of sp³-hybridized carbons (Fsp3) is 0.417. The molecular weight excluding hydrogens is 519 g/mol. The Labute approximate surface area is 209 Å². The zero-order valence-corrected chi connectivity index (χ0v) is 20.9. The van der Waals surface area contributed by atoms with Gasteiger partial charge in [0.05, 0.1) is 21.6 Å². The van der Waals surface area contributed by atoms with E-state index in [0.29, 0.717) is 66.5 Å². The third-order valence-electron chi connectivity index (χ3n) is 7.31. The maximum Gasteiger partial charge on any atom is 0.407 e. The highest BCUT2D eigenvalue weighted by Crippen LogP contribution is 2.51. The van der Waals surface area contributed by atoms with Crippen LogP contribution in [0.15, 0.2) is 16.6 Å². The third-order valence-corrected chi connectivity index (χ3v) is 8.12. The largest absolute Gasteiger partial charge is 0.465 e. The van der Waals surface area contributed by atoms with E-state index in [0.717, 1.165) is 0 Å². The minimum absolute atomic E-state index is 0.0128. The van der Waals surface area contributed by atoms with Crippen molar-refractivity contribution in [2.75, 3.05) is 50.5 Å². The van der Waals surface area contributed by atoms with Crippen LogP contribution in [0.3, 0.4) is 0 Å². The second-order valence-electron chi connectivity index (χ2n) is 9.50. The van der Waals surface area contributed by atoms with Crippen molar-refractivity contribution in [1.29, 1.82) is 5.26 Å². The zero-order chi connectivity index (χ0) is 25.1. The van der Waals surface area contributed by atoms with Gasteiger partial charge in [-0.1, -0.05) is 0 Å². The monoisotopic (exact) mass is 542 g/mol. The van der Waals surface area contributed by atoms with Gasteiger partial charge in [0, 0.05) is 49.2 Å². The number of fused-ring (bicyclic) bond motifs is 4. The average Bonchev–Trinajstić information content (AvgIpc) is 3.06. The second-order valence-corrected chi connectivity index (χ2v) is 10.3. The van der Waals surface area contributed by atoms with Gasteiger partial charge in [-0.05, 0) is 60.6 Å². The summed E-state index contributed by atoms with van der Waals surface area (Å²) in [7, 11) is 3.99. The van der Waals surface area contributed by atoms with Crippen molar-refractivity contribution < 1.29 is 19.1 Å². The number of allylic oxidation sites excluding steroid dienone is 1. The number of likely N-dealkylation sites (tertiary alicyclic amines) is 1. The molecule has 182 valence electrons. The number of aromatic nitrogens is 1. The molecule has 4 heterocycles. The molecule has 2 N–H and O–H groups in total. The zero-order valence-electron chi connectivity index (χ0n) is 19.3. The van der Waals surface area contributed by atoms with Gasteiger partial charge in [0.25, 0.3) is 0 Å². The molecule has 0 saturated carbocycles. The molecule has 2 fully saturated rings. The minimum Gasteiger partial charge on any atom is -0.465 e. The van der Waals surface area contributed by atoms with Crippen molar-refractivity contribution in [3.05, 3.63) is 33.6 Å². The van der Waals surface area contributed by atoms with Crippen LogP contribution in [0.2, 0.25) is 0 Å². The molecule has 5 rings (SSSR count). The molecule has 0 bridgehead atoms. The molecule has 0 radical (unpaired) electrons. The molecule has 1 unspecified atom stereocenters. The van der Waals surface area contributed by atoms with E-state index in [4.69, 9.17) is 5.26 Å². The highest BCUT2D eigenvalue weighted by molar-refractivity contribution is 9.10. The number of hydrogen-bond donors (Lipinski definition) is 2. The van der Waals surface area contributed by atoms with Crippen LogP contribution in [0.5, 0.6) is 0 Å². The predicted octanol–water partition coefficient (Wildman–Crippen LogP) is 3.39. The Balaban J connectivity index is 1.78. The van der Waals surface area contributed by atoms with Crippen LogP contribution in [0.4, 0.5) is 20.7 Å². The van der Waals surface area contributed by atoms with Crippen LogP contribution < -0.4 is 10.2 Å². The highest BCUT2D eigenvalue weighted by Gasteiger charge is 2.53. The van der Waals surface area contributed by atoms with E-state index in [1.165, 1.54) is 17.1 Å². The minimum atomic E-state index is -1.15. The molecule has 9 nitrogen and oxygen atoms in total. The van der Waals surface area contributed by atoms with Crippen molar-refractivity contribution in [2.24, 2.45) is 0 Å². The van der Waals surface area contributed by atoms with Crippen molar-refractivity contribution in [3.8, 4) is 6.07 Å². The van der Waals surface area contributed by atoms with Crippen molar-refractivity contribution in [3.63, 3.8) is 0 Å². The van der Waals surface area contributed by atoms with Crippen LogP contribution in [0.25, 0.3) is 17.0 Å². The number of nitrogens with one attached hydrogen (secondary N) is 1. The van der Waals surface area contributed by atoms with E-state index in [2.05, 4.69) is 31.1 Å². The first-order valence-corrected chi connectivity index (χ1v) is 12.1. The van der Waals surface area contributed by atoms with Crippen molar-refractivity contribution in [1.82, 2.24) is 14.8 Å². The molecule has 11 heteroatoms. The Morgan fingerprint density at radius 3 is 2.86 bits per heavy atom. The number of pyridine rings is 1. The third kappa shape index (κ3) is 3.54. The van der Waals surface area contributed by atoms with Gasteiger partial charge in [-0.15, -0.1) is 0 Å².